The van der Waals surface area contributed by atoms with Gasteiger partial charge in [0.15, 0.2) is 12.4 Å². The summed E-state index contributed by atoms with van der Waals surface area (Å²) in [6.07, 6.45) is 1.37. The van der Waals surface area contributed by atoms with Crippen molar-refractivity contribution in [1.29, 1.82) is 0 Å². The number of aryl methyl sites for hydroxylation is 2. The zero-order chi connectivity index (χ0) is 26.4. The quantitative estimate of drug-likeness (QED) is 0.353. The first-order valence-electron chi connectivity index (χ1n) is 11.7. The summed E-state index contributed by atoms with van der Waals surface area (Å²) in [6.45, 7) is 5.16. The lowest BCUT2D eigenvalue weighted by molar-refractivity contribution is -0.119. The largest absolute Gasteiger partial charge is 0.452 e. The van der Waals surface area contributed by atoms with Crippen molar-refractivity contribution >= 4 is 23.5 Å². The lowest BCUT2D eigenvalue weighted by Gasteiger charge is -2.16. The molecule has 2 N–H and O–H groups in total. The van der Waals surface area contributed by atoms with Crippen molar-refractivity contribution in [2.24, 2.45) is 0 Å². The maximum absolute atomic E-state index is 12.9. The molecule has 2 aromatic heterocycles. The molecule has 9 heteroatoms. The van der Waals surface area contributed by atoms with E-state index in [0.717, 1.165) is 17.0 Å². The van der Waals surface area contributed by atoms with E-state index in [2.05, 4.69) is 20.7 Å². The molecule has 2 aromatic carbocycles. The summed E-state index contributed by atoms with van der Waals surface area (Å²) in [5.41, 5.74) is 3.56. The molecular weight excluding hydrogens is 470 g/mol. The van der Waals surface area contributed by atoms with Gasteiger partial charge in [-0.05, 0) is 56.7 Å². The molecule has 0 fully saturated rings. The topological polar surface area (TPSA) is 115 Å². The van der Waals surface area contributed by atoms with Crippen molar-refractivity contribution in [3.8, 4) is 5.82 Å². The summed E-state index contributed by atoms with van der Waals surface area (Å²) in [7, 11) is 0. The molecule has 9 nitrogen and oxygen atoms in total. The summed E-state index contributed by atoms with van der Waals surface area (Å²) in [4.78, 5) is 42.1. The zero-order valence-corrected chi connectivity index (χ0v) is 20.8. The number of pyridine rings is 1. The number of hydrogen-bond donors (Lipinski definition) is 2. The highest BCUT2D eigenvalue weighted by Gasteiger charge is 2.17. The van der Waals surface area contributed by atoms with Gasteiger partial charge >= 0.3 is 5.97 Å². The highest BCUT2D eigenvalue weighted by molar-refractivity contribution is 6.04. The second-order valence-corrected chi connectivity index (χ2v) is 8.52. The lowest BCUT2D eigenvalue weighted by atomic mass is 10.1. The van der Waals surface area contributed by atoms with Crippen LogP contribution in [-0.2, 0) is 9.53 Å². The molecule has 1 unspecified atom stereocenters. The maximum Gasteiger partial charge on any atom is 0.340 e. The highest BCUT2D eigenvalue weighted by atomic mass is 16.5. The molecule has 1 atom stereocenters. The molecule has 0 saturated heterocycles. The number of para-hydroxylation sites is 1. The predicted octanol–water partition coefficient (Wildman–Crippen LogP) is 4.17. The number of nitrogens with one attached hydrogen (secondary N) is 2. The van der Waals surface area contributed by atoms with Crippen molar-refractivity contribution in [2.75, 3.05) is 11.9 Å². The van der Waals surface area contributed by atoms with E-state index in [1.54, 1.807) is 41.1 Å². The Bertz CT molecular complexity index is 1410. The van der Waals surface area contributed by atoms with E-state index in [1.165, 1.54) is 6.20 Å². The maximum atomic E-state index is 12.9. The van der Waals surface area contributed by atoms with E-state index in [1.807, 2.05) is 57.2 Å². The number of esters is 1. The fourth-order valence-electron chi connectivity index (χ4n) is 3.78. The molecule has 37 heavy (non-hydrogen) atoms. The molecule has 0 bridgehead atoms. The van der Waals surface area contributed by atoms with E-state index >= 15 is 0 Å². The third-order valence-corrected chi connectivity index (χ3v) is 5.64. The molecule has 0 aliphatic rings. The van der Waals surface area contributed by atoms with Crippen molar-refractivity contribution in [3.63, 3.8) is 0 Å². The van der Waals surface area contributed by atoms with Crippen LogP contribution in [0.4, 0.5) is 5.69 Å². The predicted molar refractivity (Wildman–Crippen MR) is 139 cm³/mol. The average Bonchev–Trinajstić information content (AvgIpc) is 3.25. The number of ether oxygens (including phenoxy) is 1. The SMILES string of the molecule is Cc1cc(C)n(-c2ccc(C(=O)OCC(=O)Nc3ccccc3C(=O)NC(C)c3ccccc3)cn2)n1. The van der Waals surface area contributed by atoms with Crippen molar-refractivity contribution < 1.29 is 19.1 Å². The van der Waals surface area contributed by atoms with Gasteiger partial charge in [-0.25, -0.2) is 14.5 Å². The molecular formula is C28H27N5O4. The number of carbonyl (C=O) groups excluding carboxylic acids is 3. The molecule has 188 valence electrons. The van der Waals surface area contributed by atoms with Gasteiger partial charge in [-0.15, -0.1) is 0 Å². The molecule has 4 rings (SSSR count). The lowest BCUT2D eigenvalue weighted by Crippen LogP contribution is -2.28. The minimum absolute atomic E-state index is 0.202. The van der Waals surface area contributed by atoms with Gasteiger partial charge in [-0.3, -0.25) is 9.59 Å². The highest BCUT2D eigenvalue weighted by Crippen LogP contribution is 2.18. The van der Waals surface area contributed by atoms with Gasteiger partial charge in [0.25, 0.3) is 11.8 Å². The van der Waals surface area contributed by atoms with Crippen molar-refractivity contribution in [1.82, 2.24) is 20.1 Å². The van der Waals surface area contributed by atoms with Crippen LogP contribution in [0.3, 0.4) is 0 Å². The number of benzene rings is 2. The Morgan fingerprint density at radius 2 is 1.70 bits per heavy atom. The molecule has 2 amide bonds. The Labute approximate surface area is 214 Å². The van der Waals surface area contributed by atoms with Gasteiger partial charge in [0.1, 0.15) is 0 Å². The van der Waals surface area contributed by atoms with Crippen LogP contribution in [0.15, 0.2) is 79.0 Å². The van der Waals surface area contributed by atoms with Crippen molar-refractivity contribution in [2.45, 2.75) is 26.8 Å². The third kappa shape index (κ3) is 6.26. The Hall–Kier alpha value is -4.79. The molecule has 0 saturated carbocycles. The summed E-state index contributed by atoms with van der Waals surface area (Å²) in [5, 5.41) is 9.94. The van der Waals surface area contributed by atoms with Gasteiger partial charge in [0, 0.05) is 11.9 Å². The summed E-state index contributed by atoms with van der Waals surface area (Å²) >= 11 is 0. The number of rotatable bonds is 8. The first kappa shape index (κ1) is 25.3. The van der Waals surface area contributed by atoms with Crippen LogP contribution in [0, 0.1) is 13.8 Å². The standard InChI is InChI=1S/C28H27N5O4/c1-18-15-19(2)33(32-18)25-14-13-22(16-29-25)28(36)37-17-26(34)31-24-12-8-7-11-23(24)27(35)30-20(3)21-9-5-4-6-10-21/h4-16,20H,17H2,1-3H3,(H,30,35)(H,31,34). The van der Waals surface area contributed by atoms with Gasteiger partial charge < -0.3 is 15.4 Å². The van der Waals surface area contributed by atoms with Crippen LogP contribution < -0.4 is 10.6 Å². The molecule has 0 aliphatic carbocycles. The summed E-state index contributed by atoms with van der Waals surface area (Å²) in [6, 6.07) is 21.1. The van der Waals surface area contributed by atoms with Gasteiger partial charge in [0.2, 0.25) is 0 Å². The fourth-order valence-corrected chi connectivity index (χ4v) is 3.78. The van der Waals surface area contributed by atoms with E-state index in [4.69, 9.17) is 4.74 Å². The Kier molecular flexibility index (Phi) is 7.73. The van der Waals surface area contributed by atoms with Crippen LogP contribution in [0.25, 0.3) is 5.82 Å². The van der Waals surface area contributed by atoms with Crippen LogP contribution in [-0.4, -0.2) is 39.2 Å². The molecule has 2 heterocycles. The van der Waals surface area contributed by atoms with E-state index in [9.17, 15) is 14.4 Å². The number of nitrogens with zero attached hydrogens (tertiary/aromatic N) is 3. The first-order chi connectivity index (χ1) is 17.8. The smallest absolute Gasteiger partial charge is 0.340 e. The molecule has 0 spiro atoms. The van der Waals surface area contributed by atoms with Crippen molar-refractivity contribution in [3.05, 3.63) is 107 Å². The van der Waals surface area contributed by atoms with Crippen LogP contribution in [0.1, 0.15) is 50.6 Å². The number of aromatic nitrogens is 3. The number of carbonyl (C=O) groups is 3. The van der Waals surface area contributed by atoms with Crippen LogP contribution in [0.5, 0.6) is 0 Å². The third-order valence-electron chi connectivity index (χ3n) is 5.64. The average molecular weight is 498 g/mol. The Balaban J connectivity index is 1.34. The number of anilines is 1. The Morgan fingerprint density at radius 1 is 0.973 bits per heavy atom. The van der Waals surface area contributed by atoms with Gasteiger partial charge in [-0.2, -0.15) is 5.10 Å². The van der Waals surface area contributed by atoms with Crippen LogP contribution in [0.2, 0.25) is 0 Å². The minimum atomic E-state index is -0.690. The fraction of sp³-hybridized carbons (Fsp3) is 0.179. The zero-order valence-electron chi connectivity index (χ0n) is 20.8. The summed E-state index contributed by atoms with van der Waals surface area (Å²) in [5.74, 6) is -1.03. The van der Waals surface area contributed by atoms with E-state index in [0.29, 0.717) is 17.1 Å². The Morgan fingerprint density at radius 3 is 2.38 bits per heavy atom. The second kappa shape index (κ2) is 11.3. The molecule has 0 radical (unpaired) electrons. The van der Waals surface area contributed by atoms with E-state index < -0.39 is 18.5 Å². The first-order valence-corrected chi connectivity index (χ1v) is 11.7. The summed E-state index contributed by atoms with van der Waals surface area (Å²) < 4.78 is 6.82. The minimum Gasteiger partial charge on any atom is -0.452 e. The van der Waals surface area contributed by atoms with E-state index in [-0.39, 0.29) is 17.5 Å². The monoisotopic (exact) mass is 497 g/mol. The number of amides is 2. The second-order valence-electron chi connectivity index (χ2n) is 8.52. The van der Waals surface area contributed by atoms with Gasteiger partial charge in [-0.1, -0.05) is 42.5 Å². The molecule has 4 aromatic rings. The molecule has 0 aliphatic heterocycles. The van der Waals surface area contributed by atoms with Crippen LogP contribution >= 0.6 is 0 Å². The number of hydrogen-bond acceptors (Lipinski definition) is 6. The van der Waals surface area contributed by atoms with Gasteiger partial charge in [0.05, 0.1) is 28.6 Å². The normalized spacial score (nSPS) is 11.4.